The van der Waals surface area contributed by atoms with Crippen LogP contribution in [-0.4, -0.2) is 62.8 Å². The number of aromatic nitrogens is 4. The highest BCUT2D eigenvalue weighted by atomic mass is 16.6. The summed E-state index contributed by atoms with van der Waals surface area (Å²) < 4.78 is 16.5. The first-order valence-corrected chi connectivity index (χ1v) is 11.7. The van der Waals surface area contributed by atoms with E-state index in [-0.39, 0.29) is 19.0 Å². The van der Waals surface area contributed by atoms with E-state index in [4.69, 9.17) is 14.2 Å². The average molecular weight is 524 g/mol. The number of hydrogen-bond donors (Lipinski definition) is 1. The fraction of sp³-hybridized carbons (Fsp3) is 0.346. The summed E-state index contributed by atoms with van der Waals surface area (Å²) >= 11 is 0. The van der Waals surface area contributed by atoms with Gasteiger partial charge in [0.15, 0.2) is 11.6 Å². The number of ketones is 1. The van der Waals surface area contributed by atoms with Crippen LogP contribution in [-0.2, 0) is 37.0 Å². The molecule has 0 aliphatic rings. The number of methoxy groups -OCH3 is 1. The number of esters is 2. The molecule has 0 bridgehead atoms. The lowest BCUT2D eigenvalue weighted by molar-refractivity contribution is -0.156. The van der Waals surface area contributed by atoms with E-state index >= 15 is 0 Å². The molecule has 0 radical (unpaired) electrons. The van der Waals surface area contributed by atoms with Crippen molar-refractivity contribution in [3.05, 3.63) is 65.7 Å². The standard InChI is InChI=1S/C26H29N5O7/c1-26(2,3)38-22(33)14-20(27-25(35)37-16-17-8-6-5-7-9-17)21(32)15-31-23(28-29-30-31)18-10-12-19(13-11-18)24(34)36-4/h5-13,20H,14-16H2,1-4H3,(H,27,35). The van der Waals surface area contributed by atoms with Crippen molar-refractivity contribution in [3.8, 4) is 11.4 Å². The van der Waals surface area contributed by atoms with Gasteiger partial charge >= 0.3 is 18.0 Å². The van der Waals surface area contributed by atoms with Gasteiger partial charge in [0.2, 0.25) is 0 Å². The first kappa shape index (κ1) is 28.0. The van der Waals surface area contributed by atoms with Crippen molar-refractivity contribution in [2.75, 3.05) is 7.11 Å². The summed E-state index contributed by atoms with van der Waals surface area (Å²) in [5.41, 5.74) is 0.850. The van der Waals surface area contributed by atoms with Crippen molar-refractivity contribution in [2.24, 2.45) is 0 Å². The number of alkyl carbamates (subject to hydrolysis) is 1. The number of tetrazole rings is 1. The molecule has 200 valence electrons. The van der Waals surface area contributed by atoms with Crippen LogP contribution in [0.3, 0.4) is 0 Å². The minimum atomic E-state index is -1.26. The highest BCUT2D eigenvalue weighted by Crippen LogP contribution is 2.18. The van der Waals surface area contributed by atoms with Gasteiger partial charge in [0.25, 0.3) is 0 Å². The molecule has 1 atom stereocenters. The molecule has 12 nitrogen and oxygen atoms in total. The zero-order valence-electron chi connectivity index (χ0n) is 21.5. The van der Waals surface area contributed by atoms with E-state index < -0.39 is 41.9 Å². The Bertz CT molecular complexity index is 1270. The van der Waals surface area contributed by atoms with Crippen LogP contribution in [0.4, 0.5) is 4.79 Å². The van der Waals surface area contributed by atoms with Crippen LogP contribution < -0.4 is 5.32 Å². The van der Waals surface area contributed by atoms with Gasteiger partial charge in [-0.1, -0.05) is 42.5 Å². The lowest BCUT2D eigenvalue weighted by Gasteiger charge is -2.22. The summed E-state index contributed by atoms with van der Waals surface area (Å²) in [4.78, 5) is 49.9. The van der Waals surface area contributed by atoms with Gasteiger partial charge in [-0.25, -0.2) is 14.3 Å². The summed E-state index contributed by atoms with van der Waals surface area (Å²) in [6.07, 6.45) is -1.28. The molecule has 1 heterocycles. The summed E-state index contributed by atoms with van der Waals surface area (Å²) in [5.74, 6) is -1.47. The number of amides is 1. The van der Waals surface area contributed by atoms with Crippen molar-refractivity contribution in [3.63, 3.8) is 0 Å². The third-order valence-corrected chi connectivity index (χ3v) is 5.09. The molecule has 1 aromatic heterocycles. The number of carbonyl (C=O) groups excluding carboxylic acids is 4. The number of benzene rings is 2. The molecule has 0 aliphatic carbocycles. The van der Waals surface area contributed by atoms with E-state index in [2.05, 4.69) is 20.8 Å². The van der Waals surface area contributed by atoms with Gasteiger partial charge in [0, 0.05) is 5.56 Å². The maximum atomic E-state index is 13.2. The molecule has 1 amide bonds. The van der Waals surface area contributed by atoms with E-state index in [1.807, 2.05) is 6.07 Å². The zero-order chi connectivity index (χ0) is 27.7. The third kappa shape index (κ3) is 8.22. The van der Waals surface area contributed by atoms with Crippen LogP contribution in [0, 0.1) is 0 Å². The molecule has 1 unspecified atom stereocenters. The Kier molecular flexibility index (Phi) is 9.25. The molecule has 1 N–H and O–H groups in total. The molecule has 3 rings (SSSR count). The average Bonchev–Trinajstić information content (AvgIpc) is 3.34. The Balaban J connectivity index is 1.73. The van der Waals surface area contributed by atoms with Gasteiger partial charge in [0.1, 0.15) is 24.8 Å². The minimum absolute atomic E-state index is 0.0151. The Morgan fingerprint density at radius 1 is 1.00 bits per heavy atom. The van der Waals surface area contributed by atoms with E-state index in [9.17, 15) is 19.2 Å². The quantitative estimate of drug-likeness (QED) is 0.310. The summed E-state index contributed by atoms with van der Waals surface area (Å²) in [6, 6.07) is 14.0. The monoisotopic (exact) mass is 523 g/mol. The number of Topliss-reactive ketones (excluding diaryl/α,β-unsaturated/α-hetero) is 1. The van der Waals surface area contributed by atoms with E-state index in [0.717, 1.165) is 5.56 Å². The fourth-order valence-electron chi connectivity index (χ4n) is 3.35. The zero-order valence-corrected chi connectivity index (χ0v) is 21.5. The first-order chi connectivity index (χ1) is 18.1. The first-order valence-electron chi connectivity index (χ1n) is 11.7. The normalized spacial score (nSPS) is 11.8. The van der Waals surface area contributed by atoms with Gasteiger partial charge in [0.05, 0.1) is 19.1 Å². The molecule has 38 heavy (non-hydrogen) atoms. The molecule has 0 saturated carbocycles. The van der Waals surface area contributed by atoms with Crippen LogP contribution in [0.25, 0.3) is 11.4 Å². The van der Waals surface area contributed by atoms with Crippen molar-refractivity contribution in [1.29, 1.82) is 0 Å². The molecule has 0 saturated heterocycles. The third-order valence-electron chi connectivity index (χ3n) is 5.09. The van der Waals surface area contributed by atoms with Crippen LogP contribution in [0.2, 0.25) is 0 Å². The number of nitrogens with zero attached hydrogens (tertiary/aromatic N) is 4. The number of rotatable bonds is 10. The molecule has 0 spiro atoms. The maximum Gasteiger partial charge on any atom is 0.408 e. The predicted molar refractivity (Wildman–Crippen MR) is 134 cm³/mol. The Labute approximate surface area is 219 Å². The Morgan fingerprint density at radius 3 is 2.32 bits per heavy atom. The number of carbonyl (C=O) groups is 4. The molecular weight excluding hydrogens is 494 g/mol. The fourth-order valence-corrected chi connectivity index (χ4v) is 3.35. The summed E-state index contributed by atoms with van der Waals surface area (Å²) in [7, 11) is 1.28. The maximum absolute atomic E-state index is 13.2. The van der Waals surface area contributed by atoms with Gasteiger partial charge in [-0.05, 0) is 48.9 Å². The van der Waals surface area contributed by atoms with Crippen LogP contribution in [0.1, 0.15) is 43.1 Å². The second-order valence-electron chi connectivity index (χ2n) is 9.24. The topological polar surface area (TPSA) is 152 Å². The second kappa shape index (κ2) is 12.6. The van der Waals surface area contributed by atoms with Gasteiger partial charge in [-0.3, -0.25) is 9.59 Å². The molecule has 2 aromatic carbocycles. The van der Waals surface area contributed by atoms with Crippen molar-refractivity contribution < 1.29 is 33.4 Å². The largest absolute Gasteiger partial charge is 0.465 e. The lowest BCUT2D eigenvalue weighted by atomic mass is 10.1. The van der Waals surface area contributed by atoms with Gasteiger partial charge in [-0.2, -0.15) is 0 Å². The van der Waals surface area contributed by atoms with Crippen molar-refractivity contribution >= 4 is 23.8 Å². The summed E-state index contributed by atoms with van der Waals surface area (Å²) in [6.45, 7) is 4.72. The molecule has 12 heteroatoms. The minimum Gasteiger partial charge on any atom is -0.465 e. The lowest BCUT2D eigenvalue weighted by Crippen LogP contribution is -2.45. The van der Waals surface area contributed by atoms with Crippen LogP contribution in [0.15, 0.2) is 54.6 Å². The van der Waals surface area contributed by atoms with E-state index in [0.29, 0.717) is 11.1 Å². The number of hydrogen-bond acceptors (Lipinski definition) is 10. The Morgan fingerprint density at radius 2 is 1.68 bits per heavy atom. The molecule has 0 fully saturated rings. The highest BCUT2D eigenvalue weighted by Gasteiger charge is 2.28. The van der Waals surface area contributed by atoms with E-state index in [1.165, 1.54) is 23.9 Å². The van der Waals surface area contributed by atoms with Gasteiger partial charge in [-0.15, -0.1) is 5.10 Å². The predicted octanol–water partition coefficient (Wildman–Crippen LogP) is 2.72. The Hall–Kier alpha value is -4.61. The molecule has 3 aromatic rings. The SMILES string of the molecule is COC(=O)c1ccc(-c2nnnn2CC(=O)C(CC(=O)OC(C)(C)C)NC(=O)OCc2ccccc2)cc1. The van der Waals surface area contributed by atoms with E-state index in [1.54, 1.807) is 57.2 Å². The van der Waals surface area contributed by atoms with Crippen LogP contribution in [0.5, 0.6) is 0 Å². The second-order valence-corrected chi connectivity index (χ2v) is 9.24. The van der Waals surface area contributed by atoms with Crippen LogP contribution >= 0.6 is 0 Å². The molecule has 0 aliphatic heterocycles. The van der Waals surface area contributed by atoms with Crippen molar-refractivity contribution in [2.45, 2.75) is 52.0 Å². The highest BCUT2D eigenvalue weighted by molar-refractivity contribution is 5.91. The number of ether oxygens (including phenoxy) is 3. The number of nitrogens with one attached hydrogen (secondary N) is 1. The molecular formula is C26H29N5O7. The smallest absolute Gasteiger partial charge is 0.408 e. The van der Waals surface area contributed by atoms with Crippen molar-refractivity contribution in [1.82, 2.24) is 25.5 Å². The summed E-state index contributed by atoms with van der Waals surface area (Å²) in [5, 5.41) is 13.9. The van der Waals surface area contributed by atoms with Gasteiger partial charge < -0.3 is 19.5 Å².